The van der Waals surface area contributed by atoms with Gasteiger partial charge in [0.05, 0.1) is 19.8 Å². The van der Waals surface area contributed by atoms with E-state index in [4.69, 9.17) is 9.47 Å². The highest BCUT2D eigenvalue weighted by Crippen LogP contribution is 2.20. The van der Waals surface area contributed by atoms with Gasteiger partial charge < -0.3 is 14.6 Å². The molecule has 1 heterocycles. The van der Waals surface area contributed by atoms with Crippen LogP contribution in [0.3, 0.4) is 0 Å². The first kappa shape index (κ1) is 21.3. The van der Waals surface area contributed by atoms with Crippen molar-refractivity contribution in [1.82, 2.24) is 9.80 Å². The minimum absolute atomic E-state index is 0.181. The highest BCUT2D eigenvalue weighted by molar-refractivity contribution is 5.89. The van der Waals surface area contributed by atoms with Crippen LogP contribution in [0.4, 0.5) is 0 Å². The molecule has 6 heteroatoms. The number of aliphatic hydroxyl groups is 1. The van der Waals surface area contributed by atoms with Crippen LogP contribution in [-0.2, 0) is 17.8 Å². The second-order valence-corrected chi connectivity index (χ2v) is 7.41. The molecule has 0 amide bonds. The molecule has 1 aliphatic rings. The molecule has 29 heavy (non-hydrogen) atoms. The summed E-state index contributed by atoms with van der Waals surface area (Å²) in [6, 6.07) is 16.1. The van der Waals surface area contributed by atoms with Crippen LogP contribution < -0.4 is 4.74 Å². The van der Waals surface area contributed by atoms with Gasteiger partial charge >= 0.3 is 5.97 Å². The number of piperazine rings is 1. The molecule has 1 aliphatic heterocycles. The predicted molar refractivity (Wildman–Crippen MR) is 112 cm³/mol. The van der Waals surface area contributed by atoms with Gasteiger partial charge in [-0.2, -0.15) is 0 Å². The van der Waals surface area contributed by atoms with Crippen LogP contribution in [-0.4, -0.2) is 67.4 Å². The summed E-state index contributed by atoms with van der Waals surface area (Å²) in [6.07, 6.45) is 0.752. The van der Waals surface area contributed by atoms with Gasteiger partial charge in [0.15, 0.2) is 0 Å². The van der Waals surface area contributed by atoms with Gasteiger partial charge in [-0.1, -0.05) is 24.3 Å². The van der Waals surface area contributed by atoms with E-state index in [1.54, 1.807) is 7.11 Å². The fourth-order valence-electron chi connectivity index (χ4n) is 3.86. The number of hydrogen-bond donors (Lipinski definition) is 1. The molecule has 2 aromatic rings. The lowest BCUT2D eigenvalue weighted by Gasteiger charge is -2.41. The third-order valence-corrected chi connectivity index (χ3v) is 5.45. The molecule has 0 saturated carbocycles. The van der Waals surface area contributed by atoms with E-state index < -0.39 is 0 Å². The van der Waals surface area contributed by atoms with Crippen LogP contribution in [0.1, 0.15) is 27.9 Å². The molecule has 6 nitrogen and oxygen atoms in total. The maximum absolute atomic E-state index is 11.6. The number of aliphatic hydroxyl groups excluding tert-OH is 1. The standard InChI is InChI=1S/C23H30N2O4/c1-28-22-5-3-4-19(14-22)16-25-12-11-24(17-21(25)10-13-26)15-18-6-8-20(9-7-18)23(27)29-2/h3-9,14,21,26H,10-13,15-17H2,1-2H3/t21-/m1/s1. The van der Waals surface area contributed by atoms with Crippen molar-refractivity contribution in [1.29, 1.82) is 0 Å². The highest BCUT2D eigenvalue weighted by Gasteiger charge is 2.26. The fraction of sp³-hybridized carbons (Fsp3) is 0.435. The molecule has 1 fully saturated rings. The summed E-state index contributed by atoms with van der Waals surface area (Å²) in [5, 5.41) is 9.56. The Kier molecular flexibility index (Phi) is 7.63. The average Bonchev–Trinajstić information content (AvgIpc) is 2.76. The molecule has 1 saturated heterocycles. The maximum Gasteiger partial charge on any atom is 0.337 e. The van der Waals surface area contributed by atoms with Gasteiger partial charge in [-0.3, -0.25) is 9.80 Å². The minimum atomic E-state index is -0.314. The van der Waals surface area contributed by atoms with Gasteiger partial charge in [0, 0.05) is 45.4 Å². The zero-order chi connectivity index (χ0) is 20.6. The van der Waals surface area contributed by atoms with Gasteiger partial charge in [0.2, 0.25) is 0 Å². The van der Waals surface area contributed by atoms with Crippen molar-refractivity contribution < 1.29 is 19.4 Å². The molecule has 0 bridgehead atoms. The Balaban J connectivity index is 1.61. The number of ether oxygens (including phenoxy) is 2. The Labute approximate surface area is 172 Å². The topological polar surface area (TPSA) is 62.2 Å². The van der Waals surface area contributed by atoms with Crippen LogP contribution >= 0.6 is 0 Å². The number of carbonyl (C=O) groups is 1. The van der Waals surface area contributed by atoms with E-state index in [2.05, 4.69) is 21.9 Å². The Hall–Kier alpha value is -2.41. The first-order chi connectivity index (χ1) is 14.1. The van der Waals surface area contributed by atoms with Crippen LogP contribution in [0.5, 0.6) is 5.75 Å². The van der Waals surface area contributed by atoms with Crippen LogP contribution in [0, 0.1) is 0 Å². The first-order valence-corrected chi connectivity index (χ1v) is 10.0. The Morgan fingerprint density at radius 3 is 2.55 bits per heavy atom. The zero-order valence-electron chi connectivity index (χ0n) is 17.2. The summed E-state index contributed by atoms with van der Waals surface area (Å²) in [5.74, 6) is 0.556. The Morgan fingerprint density at radius 1 is 1.07 bits per heavy atom. The third kappa shape index (κ3) is 5.79. The molecule has 0 spiro atoms. The van der Waals surface area contributed by atoms with Crippen LogP contribution in [0.15, 0.2) is 48.5 Å². The number of carbonyl (C=O) groups excluding carboxylic acids is 1. The van der Waals surface area contributed by atoms with Crippen molar-refractivity contribution in [3.05, 3.63) is 65.2 Å². The summed E-state index contributed by atoms with van der Waals surface area (Å²) >= 11 is 0. The van der Waals surface area contributed by atoms with E-state index in [-0.39, 0.29) is 12.6 Å². The SMILES string of the molecule is COC(=O)c1ccc(CN2CCN(Cc3cccc(OC)c3)[C@H](CCO)C2)cc1. The molecule has 0 aliphatic carbocycles. The average molecular weight is 399 g/mol. The Bertz CT molecular complexity index is 794. The molecule has 2 aromatic carbocycles. The summed E-state index contributed by atoms with van der Waals surface area (Å²) in [7, 11) is 3.08. The molecule has 156 valence electrons. The fourth-order valence-corrected chi connectivity index (χ4v) is 3.86. The molecule has 0 unspecified atom stereocenters. The zero-order valence-corrected chi connectivity index (χ0v) is 17.2. The maximum atomic E-state index is 11.6. The number of nitrogens with zero attached hydrogens (tertiary/aromatic N) is 2. The van der Waals surface area contributed by atoms with E-state index in [1.165, 1.54) is 18.2 Å². The van der Waals surface area contributed by atoms with E-state index >= 15 is 0 Å². The molecular weight excluding hydrogens is 368 g/mol. The minimum Gasteiger partial charge on any atom is -0.497 e. The summed E-state index contributed by atoms with van der Waals surface area (Å²) in [6.45, 7) is 4.68. The highest BCUT2D eigenvalue weighted by atomic mass is 16.5. The van der Waals surface area contributed by atoms with E-state index in [0.29, 0.717) is 11.6 Å². The molecule has 3 rings (SSSR count). The van der Waals surface area contributed by atoms with E-state index in [0.717, 1.165) is 44.9 Å². The van der Waals surface area contributed by atoms with E-state index in [1.807, 2.05) is 36.4 Å². The monoisotopic (exact) mass is 398 g/mol. The first-order valence-electron chi connectivity index (χ1n) is 10.0. The normalized spacial score (nSPS) is 17.8. The molecule has 1 N–H and O–H groups in total. The van der Waals surface area contributed by atoms with E-state index in [9.17, 15) is 9.90 Å². The van der Waals surface area contributed by atoms with Gasteiger partial charge in [-0.25, -0.2) is 4.79 Å². The quantitative estimate of drug-likeness (QED) is 0.690. The van der Waals surface area contributed by atoms with Crippen molar-refractivity contribution in [3.8, 4) is 5.75 Å². The predicted octanol–water partition coefficient (Wildman–Crippen LogP) is 2.55. The molecule has 0 radical (unpaired) electrons. The van der Waals surface area contributed by atoms with Crippen molar-refractivity contribution in [2.24, 2.45) is 0 Å². The lowest BCUT2D eigenvalue weighted by molar-refractivity contribution is 0.0499. The lowest BCUT2D eigenvalue weighted by atomic mass is 10.1. The van der Waals surface area contributed by atoms with Crippen molar-refractivity contribution in [2.75, 3.05) is 40.5 Å². The van der Waals surface area contributed by atoms with Crippen molar-refractivity contribution in [2.45, 2.75) is 25.6 Å². The number of esters is 1. The third-order valence-electron chi connectivity index (χ3n) is 5.45. The number of hydrogen-bond acceptors (Lipinski definition) is 6. The largest absolute Gasteiger partial charge is 0.497 e. The molecule has 1 atom stereocenters. The lowest BCUT2D eigenvalue weighted by Crippen LogP contribution is -2.52. The number of rotatable bonds is 8. The van der Waals surface area contributed by atoms with Crippen molar-refractivity contribution in [3.63, 3.8) is 0 Å². The van der Waals surface area contributed by atoms with Gasteiger partial charge in [-0.15, -0.1) is 0 Å². The smallest absolute Gasteiger partial charge is 0.337 e. The Morgan fingerprint density at radius 2 is 1.86 bits per heavy atom. The summed E-state index contributed by atoms with van der Waals surface area (Å²) in [5.41, 5.74) is 2.96. The van der Waals surface area contributed by atoms with Gasteiger partial charge in [0.1, 0.15) is 5.75 Å². The molecular formula is C23H30N2O4. The number of benzene rings is 2. The molecule has 0 aromatic heterocycles. The van der Waals surface area contributed by atoms with Crippen LogP contribution in [0.25, 0.3) is 0 Å². The number of methoxy groups -OCH3 is 2. The summed E-state index contributed by atoms with van der Waals surface area (Å²) < 4.78 is 10.1. The van der Waals surface area contributed by atoms with Gasteiger partial charge in [-0.05, 0) is 41.8 Å². The second-order valence-electron chi connectivity index (χ2n) is 7.41. The second kappa shape index (κ2) is 10.4. The van der Waals surface area contributed by atoms with Crippen molar-refractivity contribution >= 4 is 5.97 Å². The van der Waals surface area contributed by atoms with Crippen LogP contribution in [0.2, 0.25) is 0 Å². The van der Waals surface area contributed by atoms with Gasteiger partial charge in [0.25, 0.3) is 0 Å². The summed E-state index contributed by atoms with van der Waals surface area (Å²) in [4.78, 5) is 16.4.